The second-order valence-electron chi connectivity index (χ2n) is 8.07. The number of hydroxylamine groups is 1. The van der Waals surface area contributed by atoms with Crippen molar-refractivity contribution in [2.24, 2.45) is 5.92 Å². The molecule has 1 aliphatic carbocycles. The molecule has 1 amide bonds. The highest BCUT2D eigenvalue weighted by Crippen LogP contribution is 2.44. The Labute approximate surface area is 181 Å². The van der Waals surface area contributed by atoms with Crippen LogP contribution in [0.25, 0.3) is 0 Å². The second-order valence-corrected chi connectivity index (χ2v) is 9.67. The molecular weight excluding hydrogens is 430 g/mol. The van der Waals surface area contributed by atoms with Crippen LogP contribution in [-0.4, -0.2) is 63.4 Å². The first kappa shape index (κ1) is 23.6. The number of hydrogen-bond donors (Lipinski definition) is 1. The fourth-order valence-electron chi connectivity index (χ4n) is 3.84. The van der Waals surface area contributed by atoms with Gasteiger partial charge in [-0.1, -0.05) is 30.3 Å². The van der Waals surface area contributed by atoms with Crippen molar-refractivity contribution in [3.8, 4) is 0 Å². The number of esters is 1. The van der Waals surface area contributed by atoms with Gasteiger partial charge in [0.25, 0.3) is 10.1 Å². The average Bonchev–Trinajstić information content (AvgIpc) is 3.08. The summed E-state index contributed by atoms with van der Waals surface area (Å²) < 4.78 is 46.0. The van der Waals surface area contributed by atoms with Crippen LogP contribution >= 0.6 is 0 Å². The van der Waals surface area contributed by atoms with Crippen molar-refractivity contribution in [3.05, 3.63) is 35.9 Å². The second kappa shape index (κ2) is 9.21. The smallest absolute Gasteiger partial charge is 0.302 e. The molecule has 0 radical (unpaired) electrons. The largest absolute Gasteiger partial charge is 0.465 e. The molecule has 10 nitrogen and oxygen atoms in total. The van der Waals surface area contributed by atoms with Gasteiger partial charge in [0.15, 0.2) is 5.79 Å². The number of rotatable bonds is 8. The van der Waals surface area contributed by atoms with Gasteiger partial charge in [-0.3, -0.25) is 18.6 Å². The van der Waals surface area contributed by atoms with Gasteiger partial charge in [-0.05, 0) is 19.4 Å². The summed E-state index contributed by atoms with van der Waals surface area (Å²) in [7, 11) is -3.90. The van der Waals surface area contributed by atoms with E-state index in [0.29, 0.717) is 0 Å². The molecule has 2 fully saturated rings. The van der Waals surface area contributed by atoms with E-state index in [1.165, 1.54) is 6.92 Å². The Bertz CT molecular complexity index is 902. The van der Waals surface area contributed by atoms with Crippen molar-refractivity contribution in [2.75, 3.05) is 12.9 Å². The normalized spacial score (nSPS) is 29.4. The fourth-order valence-corrected chi connectivity index (χ4v) is 4.49. The first-order valence-electron chi connectivity index (χ1n) is 9.81. The van der Waals surface area contributed by atoms with E-state index < -0.39 is 58.1 Å². The lowest BCUT2D eigenvalue weighted by Gasteiger charge is -2.29. The predicted octanol–water partition coefficient (Wildman–Crippen LogP) is 0.703. The number of hydrogen-bond acceptors (Lipinski definition) is 9. The molecule has 3 rings (SSSR count). The molecule has 1 aromatic rings. The summed E-state index contributed by atoms with van der Waals surface area (Å²) in [4.78, 5) is 29.3. The molecule has 0 bridgehead atoms. The lowest BCUT2D eigenvalue weighted by Crippen LogP contribution is -2.45. The van der Waals surface area contributed by atoms with Crippen molar-refractivity contribution in [2.45, 2.75) is 57.4 Å². The molecule has 0 spiro atoms. The standard InChI is InChI=1S/C20H27NO9S/c1-12(22)26-11-14-16-18(28-20(2,3)27-16)19(17(14)30-31(4,24)25)29-21-15(23)10-13-8-6-5-7-9-13/h5-9,14,16-19H,10-11H2,1-4H3,(H,21,23)/t14-,16+,17-,18+,19+/m1/s1. The molecular formula is C20H27NO9S. The van der Waals surface area contributed by atoms with Gasteiger partial charge in [-0.15, -0.1) is 0 Å². The van der Waals surface area contributed by atoms with Crippen LogP contribution in [-0.2, 0) is 49.4 Å². The summed E-state index contributed by atoms with van der Waals surface area (Å²) in [6.07, 6.45) is -2.56. The van der Waals surface area contributed by atoms with E-state index in [-0.39, 0.29) is 13.0 Å². The van der Waals surface area contributed by atoms with E-state index in [1.807, 2.05) is 18.2 Å². The summed E-state index contributed by atoms with van der Waals surface area (Å²) in [6, 6.07) is 9.06. The molecule has 1 N–H and O–H groups in total. The summed E-state index contributed by atoms with van der Waals surface area (Å²) in [6.45, 7) is 4.48. The molecule has 1 saturated carbocycles. The highest BCUT2D eigenvalue weighted by molar-refractivity contribution is 7.86. The lowest BCUT2D eigenvalue weighted by atomic mass is 10.0. The lowest BCUT2D eigenvalue weighted by molar-refractivity contribution is -0.197. The predicted molar refractivity (Wildman–Crippen MR) is 107 cm³/mol. The van der Waals surface area contributed by atoms with Crippen LogP contribution in [0.2, 0.25) is 0 Å². The molecule has 1 saturated heterocycles. The van der Waals surface area contributed by atoms with Crippen LogP contribution in [0.15, 0.2) is 30.3 Å². The highest BCUT2D eigenvalue weighted by Gasteiger charge is 2.61. The van der Waals surface area contributed by atoms with Crippen LogP contribution < -0.4 is 5.48 Å². The van der Waals surface area contributed by atoms with Crippen LogP contribution in [0.3, 0.4) is 0 Å². The highest BCUT2D eigenvalue weighted by atomic mass is 32.2. The average molecular weight is 458 g/mol. The van der Waals surface area contributed by atoms with Crippen molar-refractivity contribution in [1.82, 2.24) is 5.48 Å². The third kappa shape index (κ3) is 6.23. The number of carbonyl (C=O) groups excluding carboxylic acids is 2. The Kier molecular flexibility index (Phi) is 7.01. The van der Waals surface area contributed by atoms with Gasteiger partial charge in [0, 0.05) is 6.92 Å². The van der Waals surface area contributed by atoms with Gasteiger partial charge in [0.2, 0.25) is 5.91 Å². The molecule has 1 heterocycles. The van der Waals surface area contributed by atoms with Crippen LogP contribution in [0.5, 0.6) is 0 Å². The molecule has 1 aromatic carbocycles. The first-order chi connectivity index (χ1) is 14.5. The van der Waals surface area contributed by atoms with E-state index in [2.05, 4.69) is 5.48 Å². The van der Waals surface area contributed by atoms with E-state index in [4.69, 9.17) is 23.2 Å². The van der Waals surface area contributed by atoms with Gasteiger partial charge in [0.1, 0.15) is 18.3 Å². The number of fused-ring (bicyclic) bond motifs is 1. The first-order valence-corrected chi connectivity index (χ1v) is 11.6. The minimum absolute atomic E-state index is 0.0684. The van der Waals surface area contributed by atoms with Crippen LogP contribution in [0.4, 0.5) is 0 Å². The Morgan fingerprint density at radius 2 is 1.74 bits per heavy atom. The Morgan fingerprint density at radius 1 is 1.10 bits per heavy atom. The van der Waals surface area contributed by atoms with E-state index in [0.717, 1.165) is 11.8 Å². The summed E-state index contributed by atoms with van der Waals surface area (Å²) in [5, 5.41) is 0. The van der Waals surface area contributed by atoms with E-state index in [1.54, 1.807) is 26.0 Å². The zero-order valence-electron chi connectivity index (χ0n) is 17.8. The maximum absolute atomic E-state index is 12.3. The summed E-state index contributed by atoms with van der Waals surface area (Å²) in [5.74, 6) is -2.63. The van der Waals surface area contributed by atoms with Gasteiger partial charge in [-0.2, -0.15) is 8.42 Å². The molecule has 2 aliphatic rings. The minimum atomic E-state index is -3.90. The minimum Gasteiger partial charge on any atom is -0.465 e. The quantitative estimate of drug-likeness (QED) is 0.341. The third-order valence-electron chi connectivity index (χ3n) is 4.94. The maximum Gasteiger partial charge on any atom is 0.302 e. The number of benzene rings is 1. The van der Waals surface area contributed by atoms with Gasteiger partial charge in [0.05, 0.1) is 31.3 Å². The van der Waals surface area contributed by atoms with Crippen molar-refractivity contribution < 1.29 is 41.2 Å². The van der Waals surface area contributed by atoms with Crippen molar-refractivity contribution in [1.29, 1.82) is 0 Å². The number of carbonyl (C=O) groups is 2. The van der Waals surface area contributed by atoms with Crippen molar-refractivity contribution >= 4 is 22.0 Å². The van der Waals surface area contributed by atoms with Gasteiger partial charge in [-0.25, -0.2) is 5.48 Å². The zero-order chi connectivity index (χ0) is 22.8. The molecule has 5 atom stereocenters. The topological polar surface area (TPSA) is 126 Å². The maximum atomic E-state index is 12.3. The Balaban J connectivity index is 1.78. The van der Waals surface area contributed by atoms with Crippen molar-refractivity contribution in [3.63, 3.8) is 0 Å². The Hall–Kier alpha value is -2.05. The molecule has 0 unspecified atom stereocenters. The Morgan fingerprint density at radius 3 is 2.35 bits per heavy atom. The SMILES string of the molecule is CC(=O)OC[C@H]1[C@@H](OS(C)(=O)=O)[C@H](ONC(=O)Cc2ccccc2)[C@H]2OC(C)(C)O[C@@H]12. The number of amides is 1. The fraction of sp³-hybridized carbons (Fsp3) is 0.600. The van der Waals surface area contributed by atoms with E-state index in [9.17, 15) is 18.0 Å². The molecule has 1 aliphatic heterocycles. The zero-order valence-corrected chi connectivity index (χ0v) is 18.6. The van der Waals surface area contributed by atoms with Gasteiger partial charge < -0.3 is 14.2 Å². The number of nitrogens with one attached hydrogen (secondary N) is 1. The molecule has 11 heteroatoms. The molecule has 172 valence electrons. The summed E-state index contributed by atoms with van der Waals surface area (Å²) >= 11 is 0. The summed E-state index contributed by atoms with van der Waals surface area (Å²) in [5.41, 5.74) is 3.14. The third-order valence-corrected chi connectivity index (χ3v) is 5.51. The van der Waals surface area contributed by atoms with Gasteiger partial charge >= 0.3 is 5.97 Å². The van der Waals surface area contributed by atoms with E-state index >= 15 is 0 Å². The monoisotopic (exact) mass is 457 g/mol. The molecule has 0 aromatic heterocycles. The molecule has 31 heavy (non-hydrogen) atoms. The van der Waals surface area contributed by atoms with Crippen LogP contribution in [0.1, 0.15) is 26.3 Å². The number of ether oxygens (including phenoxy) is 3. The van der Waals surface area contributed by atoms with Crippen LogP contribution in [0, 0.1) is 5.92 Å².